The molecule has 0 saturated heterocycles. The summed E-state index contributed by atoms with van der Waals surface area (Å²) in [6.45, 7) is 0.495. The van der Waals surface area contributed by atoms with Crippen molar-refractivity contribution in [2.45, 2.75) is 12.6 Å². The smallest absolute Gasteiger partial charge is 0.369 e. The van der Waals surface area contributed by atoms with Crippen molar-refractivity contribution in [3.8, 4) is 12.3 Å². The Morgan fingerprint density at radius 2 is 2.13 bits per heavy atom. The second-order valence-electron chi connectivity index (χ2n) is 2.81. The summed E-state index contributed by atoms with van der Waals surface area (Å²) in [5.74, 6) is 2.79. The van der Waals surface area contributed by atoms with E-state index in [-0.39, 0.29) is 0 Å². The van der Waals surface area contributed by atoms with E-state index in [9.17, 15) is 13.2 Å². The van der Waals surface area contributed by atoms with Gasteiger partial charge >= 0.3 is 6.18 Å². The van der Waals surface area contributed by atoms with Gasteiger partial charge < -0.3 is 5.32 Å². The van der Waals surface area contributed by atoms with Crippen LogP contribution in [-0.4, -0.2) is 11.5 Å². The summed E-state index contributed by atoms with van der Waals surface area (Å²) in [6.07, 6.45) is 1.96. The second kappa shape index (κ2) is 4.69. The maximum Gasteiger partial charge on any atom is 0.417 e. The molecule has 0 aromatic carbocycles. The van der Waals surface area contributed by atoms with Gasteiger partial charge in [-0.3, -0.25) is 0 Å². The third kappa shape index (κ3) is 3.50. The standard InChI is InChI=1S/C10H9F3N2/c1-2-3-6-14-9-5-4-8(7-15-9)10(11,12)13/h1,4-5,7H,3,6H2,(H,14,15). The highest BCUT2D eigenvalue weighted by Crippen LogP contribution is 2.28. The number of terminal acetylenes is 1. The predicted molar refractivity (Wildman–Crippen MR) is 51.2 cm³/mol. The lowest BCUT2D eigenvalue weighted by Crippen LogP contribution is -2.07. The fraction of sp³-hybridized carbons (Fsp3) is 0.300. The Balaban J connectivity index is 2.61. The maximum atomic E-state index is 12.1. The van der Waals surface area contributed by atoms with Gasteiger partial charge in [0.05, 0.1) is 5.56 Å². The van der Waals surface area contributed by atoms with Crippen LogP contribution in [0.25, 0.3) is 0 Å². The number of rotatable bonds is 3. The zero-order valence-corrected chi connectivity index (χ0v) is 7.80. The van der Waals surface area contributed by atoms with Crippen molar-refractivity contribution in [2.24, 2.45) is 0 Å². The van der Waals surface area contributed by atoms with Crippen molar-refractivity contribution in [1.29, 1.82) is 0 Å². The van der Waals surface area contributed by atoms with Gasteiger partial charge in [0.25, 0.3) is 0 Å². The minimum absolute atomic E-state index is 0.387. The Labute approximate surface area is 85.5 Å². The number of nitrogens with zero attached hydrogens (tertiary/aromatic N) is 1. The highest BCUT2D eigenvalue weighted by molar-refractivity contribution is 5.36. The number of hydrogen-bond donors (Lipinski definition) is 1. The van der Waals surface area contributed by atoms with Crippen LogP contribution >= 0.6 is 0 Å². The molecule has 0 unspecified atom stereocenters. The highest BCUT2D eigenvalue weighted by Gasteiger charge is 2.30. The molecule has 1 rings (SSSR count). The number of anilines is 1. The average Bonchev–Trinajstić information content (AvgIpc) is 2.18. The first kappa shape index (κ1) is 11.4. The number of hydrogen-bond acceptors (Lipinski definition) is 2. The quantitative estimate of drug-likeness (QED) is 0.617. The lowest BCUT2D eigenvalue weighted by Gasteiger charge is -2.07. The number of halogens is 3. The van der Waals surface area contributed by atoms with Gasteiger partial charge in [0, 0.05) is 19.2 Å². The summed E-state index contributed by atoms with van der Waals surface area (Å²) < 4.78 is 36.4. The average molecular weight is 214 g/mol. The fourth-order valence-corrected chi connectivity index (χ4v) is 0.929. The van der Waals surface area contributed by atoms with Gasteiger partial charge in [-0.2, -0.15) is 13.2 Å². The van der Waals surface area contributed by atoms with Crippen LogP contribution in [0.15, 0.2) is 18.3 Å². The van der Waals surface area contributed by atoms with Gasteiger partial charge in [0.1, 0.15) is 5.82 Å². The first-order valence-corrected chi connectivity index (χ1v) is 4.24. The molecule has 0 saturated carbocycles. The Morgan fingerprint density at radius 3 is 2.60 bits per heavy atom. The molecule has 5 heteroatoms. The Kier molecular flexibility index (Phi) is 3.56. The Hall–Kier alpha value is -1.70. The van der Waals surface area contributed by atoms with Crippen molar-refractivity contribution >= 4 is 5.82 Å². The minimum Gasteiger partial charge on any atom is -0.369 e. The molecule has 1 N–H and O–H groups in total. The van der Waals surface area contributed by atoms with Crippen LogP contribution in [0.1, 0.15) is 12.0 Å². The molecule has 0 bridgehead atoms. The molecule has 1 aromatic rings. The molecule has 0 amide bonds. The van der Waals surface area contributed by atoms with Gasteiger partial charge in [0.2, 0.25) is 0 Å². The molecular weight excluding hydrogens is 205 g/mol. The number of pyridine rings is 1. The summed E-state index contributed by atoms with van der Waals surface area (Å²) in [5.41, 5.74) is -0.759. The molecule has 15 heavy (non-hydrogen) atoms. The van der Waals surface area contributed by atoms with Gasteiger partial charge in [-0.05, 0) is 12.1 Å². The molecule has 0 spiro atoms. The predicted octanol–water partition coefficient (Wildman–Crippen LogP) is 2.54. The van der Waals surface area contributed by atoms with E-state index in [1.807, 2.05) is 0 Å². The molecule has 0 aliphatic rings. The van der Waals surface area contributed by atoms with Gasteiger partial charge in [0.15, 0.2) is 0 Å². The van der Waals surface area contributed by atoms with Crippen LogP contribution in [0.2, 0.25) is 0 Å². The van der Waals surface area contributed by atoms with Crippen molar-refractivity contribution in [3.63, 3.8) is 0 Å². The number of alkyl halides is 3. The lowest BCUT2D eigenvalue weighted by molar-refractivity contribution is -0.137. The summed E-state index contributed by atoms with van der Waals surface area (Å²) in [5, 5.41) is 2.80. The van der Waals surface area contributed by atoms with E-state index in [1.54, 1.807) is 0 Å². The minimum atomic E-state index is -4.34. The fourth-order valence-electron chi connectivity index (χ4n) is 0.929. The zero-order valence-electron chi connectivity index (χ0n) is 7.80. The molecule has 1 aromatic heterocycles. The SMILES string of the molecule is C#CCCNc1ccc(C(F)(F)F)cn1. The van der Waals surface area contributed by atoms with Crippen LogP contribution in [-0.2, 0) is 6.18 Å². The van der Waals surface area contributed by atoms with E-state index in [4.69, 9.17) is 6.42 Å². The van der Waals surface area contributed by atoms with Crippen LogP contribution in [0.5, 0.6) is 0 Å². The first-order valence-electron chi connectivity index (χ1n) is 4.24. The van der Waals surface area contributed by atoms with Crippen molar-refractivity contribution in [1.82, 2.24) is 4.98 Å². The second-order valence-corrected chi connectivity index (χ2v) is 2.81. The zero-order chi connectivity index (χ0) is 11.3. The molecule has 0 radical (unpaired) electrons. The molecule has 1 heterocycles. The topological polar surface area (TPSA) is 24.9 Å². The summed E-state index contributed by atoms with van der Waals surface area (Å²) in [4.78, 5) is 3.62. The van der Waals surface area contributed by atoms with Gasteiger partial charge in [-0.25, -0.2) is 4.98 Å². The summed E-state index contributed by atoms with van der Waals surface area (Å²) in [7, 11) is 0. The van der Waals surface area contributed by atoms with Gasteiger partial charge in [-0.1, -0.05) is 0 Å². The molecule has 2 nitrogen and oxygen atoms in total. The molecule has 80 valence electrons. The van der Waals surface area contributed by atoms with Crippen LogP contribution < -0.4 is 5.32 Å². The molecule has 0 atom stereocenters. The van der Waals surface area contributed by atoms with Crippen molar-refractivity contribution < 1.29 is 13.2 Å². The molecular formula is C10H9F3N2. The summed E-state index contributed by atoms with van der Waals surface area (Å²) in [6, 6.07) is 2.25. The van der Waals surface area contributed by atoms with Crippen LogP contribution in [0.3, 0.4) is 0 Å². The maximum absolute atomic E-state index is 12.1. The van der Waals surface area contributed by atoms with E-state index in [1.165, 1.54) is 6.07 Å². The highest BCUT2D eigenvalue weighted by atomic mass is 19.4. The third-order valence-electron chi connectivity index (χ3n) is 1.67. The molecule has 0 aliphatic carbocycles. The van der Waals surface area contributed by atoms with Crippen molar-refractivity contribution in [3.05, 3.63) is 23.9 Å². The van der Waals surface area contributed by atoms with Crippen LogP contribution in [0.4, 0.5) is 19.0 Å². The van der Waals surface area contributed by atoms with Gasteiger partial charge in [-0.15, -0.1) is 12.3 Å². The number of aromatic nitrogens is 1. The van der Waals surface area contributed by atoms with Crippen LogP contribution in [0, 0.1) is 12.3 Å². The monoisotopic (exact) mass is 214 g/mol. The normalized spacial score (nSPS) is 10.8. The molecule has 0 aliphatic heterocycles. The third-order valence-corrected chi connectivity index (χ3v) is 1.67. The van der Waals surface area contributed by atoms with E-state index in [2.05, 4.69) is 16.2 Å². The summed E-state index contributed by atoms with van der Waals surface area (Å²) >= 11 is 0. The van der Waals surface area contributed by atoms with E-state index in [0.29, 0.717) is 18.8 Å². The number of nitrogens with one attached hydrogen (secondary N) is 1. The van der Waals surface area contributed by atoms with E-state index >= 15 is 0 Å². The Bertz CT molecular complexity index is 348. The van der Waals surface area contributed by atoms with E-state index < -0.39 is 11.7 Å². The largest absolute Gasteiger partial charge is 0.417 e. The first-order chi connectivity index (χ1) is 7.04. The lowest BCUT2D eigenvalue weighted by atomic mass is 10.3. The Morgan fingerprint density at radius 1 is 1.40 bits per heavy atom. The van der Waals surface area contributed by atoms with E-state index in [0.717, 1.165) is 12.3 Å². The van der Waals surface area contributed by atoms with Crippen molar-refractivity contribution in [2.75, 3.05) is 11.9 Å². The molecule has 0 fully saturated rings.